The van der Waals surface area contributed by atoms with Crippen molar-refractivity contribution in [3.63, 3.8) is 0 Å². The van der Waals surface area contributed by atoms with Crippen molar-refractivity contribution in [2.75, 3.05) is 26.2 Å². The van der Waals surface area contributed by atoms with Crippen LogP contribution < -0.4 is 0 Å². The van der Waals surface area contributed by atoms with E-state index in [4.69, 9.17) is 0 Å². The van der Waals surface area contributed by atoms with Crippen LogP contribution in [0.2, 0.25) is 0 Å². The Morgan fingerprint density at radius 2 is 1.76 bits per heavy atom. The van der Waals surface area contributed by atoms with Crippen LogP contribution in [0.1, 0.15) is 21.5 Å². The first-order valence-corrected chi connectivity index (χ1v) is 11.0. The first kappa shape index (κ1) is 18.6. The third-order valence-corrected chi connectivity index (χ3v) is 8.27. The quantitative estimate of drug-likeness (QED) is 0.732. The summed E-state index contributed by atoms with van der Waals surface area (Å²) >= 11 is 4.50. The van der Waals surface area contributed by atoms with E-state index in [-0.39, 0.29) is 5.91 Å². The summed E-state index contributed by atoms with van der Waals surface area (Å²) < 4.78 is 27.9. The Morgan fingerprint density at radius 1 is 1.08 bits per heavy atom. The van der Waals surface area contributed by atoms with E-state index in [1.807, 2.05) is 32.0 Å². The number of piperazine rings is 1. The fourth-order valence-corrected chi connectivity index (χ4v) is 6.51. The summed E-state index contributed by atoms with van der Waals surface area (Å²) in [7, 11) is -3.48. The van der Waals surface area contributed by atoms with Crippen molar-refractivity contribution in [2.45, 2.75) is 18.1 Å². The summed E-state index contributed by atoms with van der Waals surface area (Å²) in [5.74, 6) is -0.0339. The van der Waals surface area contributed by atoms with Crippen LogP contribution in [0.15, 0.2) is 38.3 Å². The first-order chi connectivity index (χ1) is 11.8. The molecule has 25 heavy (non-hydrogen) atoms. The molecule has 8 heteroatoms. The second-order valence-corrected chi connectivity index (χ2v) is 10.7. The number of hydrogen-bond acceptors (Lipinski definition) is 4. The lowest BCUT2D eigenvalue weighted by Gasteiger charge is -2.34. The minimum atomic E-state index is -3.48. The van der Waals surface area contributed by atoms with E-state index in [1.54, 1.807) is 17.0 Å². The number of hydrogen-bond donors (Lipinski definition) is 0. The molecule has 1 aliphatic heterocycles. The number of carbonyl (C=O) groups excluding carboxylic acids is 1. The first-order valence-electron chi connectivity index (χ1n) is 7.91. The van der Waals surface area contributed by atoms with Gasteiger partial charge in [0.15, 0.2) is 0 Å². The Bertz CT molecular complexity index is 900. The fraction of sp³-hybridized carbons (Fsp3) is 0.353. The van der Waals surface area contributed by atoms with Crippen LogP contribution in [-0.4, -0.2) is 49.7 Å². The van der Waals surface area contributed by atoms with Gasteiger partial charge in [0.1, 0.15) is 4.21 Å². The second kappa shape index (κ2) is 7.19. The second-order valence-electron chi connectivity index (χ2n) is 6.07. The number of benzene rings is 1. The highest BCUT2D eigenvalue weighted by molar-refractivity contribution is 9.11. The van der Waals surface area contributed by atoms with E-state index in [9.17, 15) is 13.2 Å². The number of rotatable bonds is 3. The van der Waals surface area contributed by atoms with Crippen LogP contribution in [0, 0.1) is 13.8 Å². The monoisotopic (exact) mass is 442 g/mol. The molecule has 2 aromatic rings. The van der Waals surface area contributed by atoms with Gasteiger partial charge in [-0.2, -0.15) is 4.31 Å². The predicted molar refractivity (Wildman–Crippen MR) is 103 cm³/mol. The summed E-state index contributed by atoms with van der Waals surface area (Å²) in [6.07, 6.45) is 0. The van der Waals surface area contributed by atoms with Crippen molar-refractivity contribution >= 4 is 43.2 Å². The standard InChI is InChI=1S/C17H19BrN2O3S2/c1-12-3-4-14(13(2)11-12)17(21)19-7-9-20(10-8-19)25(22,23)16-6-5-15(18)24-16/h3-6,11H,7-10H2,1-2H3. The predicted octanol–water partition coefficient (Wildman–Crippen LogP) is 3.27. The zero-order valence-electron chi connectivity index (χ0n) is 14.0. The zero-order valence-corrected chi connectivity index (χ0v) is 17.2. The van der Waals surface area contributed by atoms with Crippen molar-refractivity contribution in [3.05, 3.63) is 50.8 Å². The Labute approximate surface area is 160 Å². The molecule has 134 valence electrons. The molecule has 0 atom stereocenters. The van der Waals surface area contributed by atoms with E-state index in [2.05, 4.69) is 15.9 Å². The molecule has 0 radical (unpaired) electrons. The van der Waals surface area contributed by atoms with Gasteiger partial charge in [-0.25, -0.2) is 8.42 Å². The lowest BCUT2D eigenvalue weighted by atomic mass is 10.0. The van der Waals surface area contributed by atoms with Gasteiger partial charge in [-0.15, -0.1) is 11.3 Å². The number of nitrogens with zero attached hydrogens (tertiary/aromatic N) is 2. The van der Waals surface area contributed by atoms with Crippen LogP contribution in [0.5, 0.6) is 0 Å². The van der Waals surface area contributed by atoms with E-state index in [0.717, 1.165) is 14.9 Å². The topological polar surface area (TPSA) is 57.7 Å². The van der Waals surface area contributed by atoms with Crippen molar-refractivity contribution < 1.29 is 13.2 Å². The summed E-state index contributed by atoms with van der Waals surface area (Å²) in [4.78, 5) is 14.4. The van der Waals surface area contributed by atoms with Crippen LogP contribution in [0.4, 0.5) is 0 Å². The van der Waals surface area contributed by atoms with Gasteiger partial charge in [0, 0.05) is 31.7 Å². The molecule has 1 saturated heterocycles. The van der Waals surface area contributed by atoms with Crippen LogP contribution in [0.3, 0.4) is 0 Å². The van der Waals surface area contributed by atoms with Gasteiger partial charge < -0.3 is 4.90 Å². The maximum atomic E-state index is 12.7. The highest BCUT2D eigenvalue weighted by Gasteiger charge is 2.31. The highest BCUT2D eigenvalue weighted by Crippen LogP contribution is 2.29. The minimum absolute atomic E-state index is 0.0339. The lowest BCUT2D eigenvalue weighted by molar-refractivity contribution is 0.0697. The van der Waals surface area contributed by atoms with Crippen molar-refractivity contribution in [3.8, 4) is 0 Å². The SMILES string of the molecule is Cc1ccc(C(=O)N2CCN(S(=O)(=O)c3ccc(Br)s3)CC2)c(C)c1. The van der Waals surface area contributed by atoms with Crippen LogP contribution >= 0.6 is 27.3 Å². The summed E-state index contributed by atoms with van der Waals surface area (Å²) in [5.41, 5.74) is 2.75. The number of halogens is 1. The molecule has 0 aliphatic carbocycles. The summed E-state index contributed by atoms with van der Waals surface area (Å²) in [6.45, 7) is 5.35. The lowest BCUT2D eigenvalue weighted by Crippen LogP contribution is -2.50. The third kappa shape index (κ3) is 3.81. The summed E-state index contributed by atoms with van der Waals surface area (Å²) in [5, 5.41) is 0. The van der Waals surface area contributed by atoms with Crippen LogP contribution in [0.25, 0.3) is 0 Å². The molecule has 1 fully saturated rings. The molecule has 5 nitrogen and oxygen atoms in total. The van der Waals surface area contributed by atoms with E-state index in [0.29, 0.717) is 36.0 Å². The Balaban J connectivity index is 1.70. The minimum Gasteiger partial charge on any atom is -0.336 e. The molecule has 1 aromatic carbocycles. The van der Waals surface area contributed by atoms with Gasteiger partial charge in [0.2, 0.25) is 0 Å². The maximum absolute atomic E-state index is 12.7. The molecular weight excluding hydrogens is 424 g/mol. The van der Waals surface area contributed by atoms with Crippen LogP contribution in [-0.2, 0) is 10.0 Å². The van der Waals surface area contributed by atoms with Gasteiger partial charge in [0.25, 0.3) is 15.9 Å². The average molecular weight is 443 g/mol. The molecule has 1 aliphatic rings. The fourth-order valence-electron chi connectivity index (χ4n) is 2.92. The molecule has 0 bridgehead atoms. The van der Waals surface area contributed by atoms with Gasteiger partial charge in [-0.1, -0.05) is 17.7 Å². The van der Waals surface area contributed by atoms with Crippen molar-refractivity contribution in [1.82, 2.24) is 9.21 Å². The number of aryl methyl sites for hydroxylation is 2. The number of amides is 1. The molecule has 2 heterocycles. The van der Waals surface area contributed by atoms with E-state index >= 15 is 0 Å². The van der Waals surface area contributed by atoms with E-state index in [1.165, 1.54) is 15.6 Å². The van der Waals surface area contributed by atoms with Crippen molar-refractivity contribution in [2.24, 2.45) is 0 Å². The molecular formula is C17H19BrN2O3S2. The molecule has 1 amide bonds. The van der Waals surface area contributed by atoms with Gasteiger partial charge in [-0.3, -0.25) is 4.79 Å². The third-order valence-electron chi connectivity index (χ3n) is 4.28. The Kier molecular flexibility index (Phi) is 5.34. The van der Waals surface area contributed by atoms with E-state index < -0.39 is 10.0 Å². The number of sulfonamides is 1. The van der Waals surface area contributed by atoms with Gasteiger partial charge >= 0.3 is 0 Å². The normalized spacial score (nSPS) is 16.2. The molecule has 1 aromatic heterocycles. The van der Waals surface area contributed by atoms with Gasteiger partial charge in [0.05, 0.1) is 3.79 Å². The number of thiophene rings is 1. The largest absolute Gasteiger partial charge is 0.336 e. The van der Waals surface area contributed by atoms with Crippen molar-refractivity contribution in [1.29, 1.82) is 0 Å². The Hall–Kier alpha value is -1.22. The maximum Gasteiger partial charge on any atom is 0.254 e. The molecule has 3 rings (SSSR count). The summed E-state index contributed by atoms with van der Waals surface area (Å²) in [6, 6.07) is 9.10. The average Bonchev–Trinajstić information content (AvgIpc) is 3.02. The molecule has 0 spiro atoms. The Morgan fingerprint density at radius 3 is 2.32 bits per heavy atom. The smallest absolute Gasteiger partial charge is 0.254 e. The molecule has 0 saturated carbocycles. The van der Waals surface area contributed by atoms with Gasteiger partial charge in [-0.05, 0) is 53.5 Å². The highest BCUT2D eigenvalue weighted by atomic mass is 79.9. The number of carbonyl (C=O) groups is 1. The molecule has 0 N–H and O–H groups in total. The zero-order chi connectivity index (χ0) is 18.2. The molecule has 0 unspecified atom stereocenters.